The quantitative estimate of drug-likeness (QED) is 0.171. The van der Waals surface area contributed by atoms with Crippen LogP contribution in [0.3, 0.4) is 0 Å². The number of benzene rings is 9. The fraction of sp³-hybridized carbons (Fsp3) is 0. The molecule has 0 amide bonds. The van der Waals surface area contributed by atoms with Crippen molar-refractivity contribution in [1.82, 2.24) is 0 Å². The maximum absolute atomic E-state index is 7.01. The summed E-state index contributed by atoms with van der Waals surface area (Å²) in [7, 11) is 0. The van der Waals surface area contributed by atoms with Crippen LogP contribution in [0.25, 0.3) is 32.7 Å². The zero-order valence-corrected chi connectivity index (χ0v) is 29.7. The fourth-order valence-corrected chi connectivity index (χ4v) is 9.28. The summed E-state index contributed by atoms with van der Waals surface area (Å²) in [5.41, 5.74) is 12.4. The predicted octanol–water partition coefficient (Wildman–Crippen LogP) is 11.6. The van der Waals surface area contributed by atoms with Gasteiger partial charge in [-0.2, -0.15) is 0 Å². The number of ether oxygens (including phenoxy) is 2. The Morgan fingerprint density at radius 3 is 1.67 bits per heavy atom. The third kappa shape index (κ3) is 4.35. The van der Waals surface area contributed by atoms with Crippen LogP contribution < -0.4 is 35.7 Å². The Kier molecular flexibility index (Phi) is 6.40. The molecule has 5 heteroatoms. The lowest BCUT2D eigenvalue weighted by atomic mass is 9.33. The SMILES string of the molecule is c1ccc(N(c2ccccc2)c2cc3c(c4ccccc24)B2c4c(cccc4Oc4cc5c6c(cccc6c42)-c2ccccc2N5c2ccccc2)O3)cc1. The molecule has 0 unspecified atom stereocenters. The average molecular weight is 703 g/mol. The third-order valence-corrected chi connectivity index (χ3v) is 11.5. The predicted molar refractivity (Wildman–Crippen MR) is 228 cm³/mol. The summed E-state index contributed by atoms with van der Waals surface area (Å²) >= 11 is 0. The van der Waals surface area contributed by atoms with E-state index in [1.165, 1.54) is 27.4 Å². The molecule has 9 aromatic carbocycles. The van der Waals surface area contributed by atoms with Crippen LogP contribution in [0.15, 0.2) is 188 Å². The molecule has 3 aliphatic rings. The van der Waals surface area contributed by atoms with E-state index in [1.54, 1.807) is 0 Å². The van der Waals surface area contributed by atoms with Crippen LogP contribution in [0, 0.1) is 0 Å². The van der Waals surface area contributed by atoms with Gasteiger partial charge in [0.2, 0.25) is 0 Å². The van der Waals surface area contributed by atoms with Crippen LogP contribution in [0.2, 0.25) is 0 Å². The highest BCUT2D eigenvalue weighted by Gasteiger charge is 2.44. The Hall–Kier alpha value is -7.24. The highest BCUT2D eigenvalue weighted by Crippen LogP contribution is 2.53. The lowest BCUT2D eigenvalue weighted by molar-refractivity contribution is 0.465. The molecule has 12 rings (SSSR count). The molecule has 0 saturated carbocycles. The highest BCUT2D eigenvalue weighted by atomic mass is 16.5. The van der Waals surface area contributed by atoms with Gasteiger partial charge in [-0.1, -0.05) is 121 Å². The number of para-hydroxylation sites is 4. The van der Waals surface area contributed by atoms with Crippen molar-refractivity contribution < 1.29 is 9.47 Å². The molecule has 0 atom stereocenters. The zero-order valence-electron chi connectivity index (χ0n) is 29.7. The maximum atomic E-state index is 7.01. The number of rotatable bonds is 4. The second-order valence-electron chi connectivity index (χ2n) is 14.4. The Labute approximate surface area is 319 Å². The Morgan fingerprint density at radius 2 is 0.945 bits per heavy atom. The van der Waals surface area contributed by atoms with Crippen LogP contribution in [0.4, 0.5) is 34.1 Å². The van der Waals surface area contributed by atoms with E-state index < -0.39 is 0 Å². The first-order valence-electron chi connectivity index (χ1n) is 18.8. The van der Waals surface area contributed by atoms with E-state index in [-0.39, 0.29) is 6.71 Å². The minimum absolute atomic E-state index is 0.133. The van der Waals surface area contributed by atoms with E-state index in [9.17, 15) is 0 Å². The van der Waals surface area contributed by atoms with Gasteiger partial charge in [0.15, 0.2) is 0 Å². The number of hydrogen-bond donors (Lipinski definition) is 0. The van der Waals surface area contributed by atoms with E-state index in [0.29, 0.717) is 0 Å². The molecule has 0 N–H and O–H groups in total. The lowest BCUT2D eigenvalue weighted by Crippen LogP contribution is -2.58. The molecule has 0 aromatic heterocycles. The van der Waals surface area contributed by atoms with Crippen LogP contribution in [-0.4, -0.2) is 6.71 Å². The van der Waals surface area contributed by atoms with Gasteiger partial charge < -0.3 is 19.3 Å². The molecule has 0 fully saturated rings. The molecule has 0 radical (unpaired) electrons. The molecule has 9 aromatic rings. The van der Waals surface area contributed by atoms with E-state index in [4.69, 9.17) is 9.47 Å². The molecular formula is C50H31BN2O2. The molecule has 3 heterocycles. The monoisotopic (exact) mass is 702 g/mol. The normalized spacial score (nSPS) is 12.9. The van der Waals surface area contributed by atoms with Gasteiger partial charge >= 0.3 is 0 Å². The highest BCUT2D eigenvalue weighted by molar-refractivity contribution is 7.01. The number of nitrogens with zero attached hydrogens (tertiary/aromatic N) is 2. The summed E-state index contributed by atoms with van der Waals surface area (Å²) in [6.45, 7) is -0.133. The summed E-state index contributed by atoms with van der Waals surface area (Å²) in [4.78, 5) is 4.73. The minimum atomic E-state index is -0.133. The van der Waals surface area contributed by atoms with Crippen LogP contribution in [0.1, 0.15) is 0 Å². The third-order valence-electron chi connectivity index (χ3n) is 11.5. The van der Waals surface area contributed by atoms with Gasteiger partial charge in [-0.3, -0.25) is 0 Å². The number of anilines is 6. The van der Waals surface area contributed by atoms with Crippen molar-refractivity contribution in [2.45, 2.75) is 0 Å². The van der Waals surface area contributed by atoms with E-state index in [0.717, 1.165) is 78.8 Å². The fourth-order valence-electron chi connectivity index (χ4n) is 9.28. The van der Waals surface area contributed by atoms with Gasteiger partial charge in [-0.25, -0.2) is 0 Å². The number of fused-ring (bicyclic) bond motifs is 9. The van der Waals surface area contributed by atoms with Gasteiger partial charge in [0.05, 0.1) is 17.1 Å². The summed E-state index contributed by atoms with van der Waals surface area (Å²) < 4.78 is 14.0. The molecular weight excluding hydrogens is 671 g/mol. The molecule has 0 bridgehead atoms. The molecule has 3 aliphatic heterocycles. The summed E-state index contributed by atoms with van der Waals surface area (Å²) in [6, 6.07) is 66.9. The lowest BCUT2D eigenvalue weighted by Gasteiger charge is -2.38. The molecule has 0 aliphatic carbocycles. The van der Waals surface area contributed by atoms with Gasteiger partial charge in [-0.15, -0.1) is 0 Å². The second kappa shape index (κ2) is 11.6. The van der Waals surface area contributed by atoms with Crippen molar-refractivity contribution >= 4 is 78.8 Å². The van der Waals surface area contributed by atoms with Gasteiger partial charge in [-0.05, 0) is 81.9 Å². The first kappa shape index (κ1) is 30.2. The smallest absolute Gasteiger partial charge is 0.262 e. The topological polar surface area (TPSA) is 24.9 Å². The second-order valence-corrected chi connectivity index (χ2v) is 14.4. The van der Waals surface area contributed by atoms with Crippen molar-refractivity contribution in [2.24, 2.45) is 0 Å². The Bertz CT molecular complexity index is 2960. The molecule has 4 nitrogen and oxygen atoms in total. The summed E-state index contributed by atoms with van der Waals surface area (Å²) in [5.74, 6) is 3.37. The first-order valence-corrected chi connectivity index (χ1v) is 18.8. The van der Waals surface area contributed by atoms with Crippen molar-refractivity contribution in [3.05, 3.63) is 188 Å². The van der Waals surface area contributed by atoms with Gasteiger partial charge in [0, 0.05) is 51.0 Å². The van der Waals surface area contributed by atoms with Crippen LogP contribution >= 0.6 is 0 Å². The zero-order chi connectivity index (χ0) is 36.0. The van der Waals surface area contributed by atoms with Crippen LogP contribution in [0.5, 0.6) is 23.0 Å². The number of hydrogen-bond acceptors (Lipinski definition) is 4. The molecule has 0 spiro atoms. The molecule has 55 heavy (non-hydrogen) atoms. The Morgan fingerprint density at radius 1 is 0.400 bits per heavy atom. The van der Waals surface area contributed by atoms with Crippen molar-refractivity contribution in [1.29, 1.82) is 0 Å². The van der Waals surface area contributed by atoms with E-state index in [1.807, 2.05) is 6.07 Å². The largest absolute Gasteiger partial charge is 0.458 e. The first-order chi connectivity index (χ1) is 27.3. The van der Waals surface area contributed by atoms with Gasteiger partial charge in [0.25, 0.3) is 6.71 Å². The average Bonchev–Trinajstić information content (AvgIpc) is 3.25. The maximum Gasteiger partial charge on any atom is 0.262 e. The summed E-state index contributed by atoms with van der Waals surface area (Å²) in [5, 5.41) is 4.71. The molecule has 0 saturated heterocycles. The van der Waals surface area contributed by atoms with E-state index in [2.05, 4.69) is 192 Å². The molecule has 256 valence electrons. The van der Waals surface area contributed by atoms with Gasteiger partial charge in [0.1, 0.15) is 23.0 Å². The van der Waals surface area contributed by atoms with Crippen molar-refractivity contribution in [2.75, 3.05) is 9.80 Å². The van der Waals surface area contributed by atoms with Crippen molar-refractivity contribution in [3.63, 3.8) is 0 Å². The van der Waals surface area contributed by atoms with Crippen LogP contribution in [-0.2, 0) is 0 Å². The standard InChI is InChI=1S/C50H31BN2O2/c1-4-16-32(17-5-1)52(33-18-6-2-7-19-33)41-30-45-48(38-24-11-10-23-36(38)41)51-49-39-26-14-25-37-35-22-12-13-27-40(35)53(34-20-8-3-9-21-34)42(47(37)39)31-46(49)55-44-29-15-28-43(54-45)50(44)51/h1-31H. The Balaban J connectivity index is 1.16. The summed E-state index contributed by atoms with van der Waals surface area (Å²) in [6.07, 6.45) is 0. The van der Waals surface area contributed by atoms with E-state index >= 15 is 0 Å². The van der Waals surface area contributed by atoms with Crippen molar-refractivity contribution in [3.8, 4) is 34.1 Å². The minimum Gasteiger partial charge on any atom is -0.458 e.